The molecular weight excluding hydrogens is 310 g/mol. The number of amides is 1. The zero-order valence-electron chi connectivity index (χ0n) is 13.4. The smallest absolute Gasteiger partial charge is 0.328 e. The maximum absolute atomic E-state index is 12.2. The summed E-state index contributed by atoms with van der Waals surface area (Å²) >= 11 is 0. The number of ether oxygens (including phenoxy) is 1. The van der Waals surface area contributed by atoms with Gasteiger partial charge in [0.05, 0.1) is 13.5 Å². The standard InChI is InChI=1S/C18H21NO5/c1-24-17(21)15(11-14-7-9-18(22,23)10-8-14)19-16(20)12-13-5-3-2-4-6-13/h2-9,15,22-23H,10-12H2,1H3,(H,19,20)/t15-/m0/s1. The molecule has 1 atom stereocenters. The van der Waals surface area contributed by atoms with Crippen LogP contribution in [0.25, 0.3) is 0 Å². The van der Waals surface area contributed by atoms with E-state index >= 15 is 0 Å². The first-order valence-electron chi connectivity index (χ1n) is 7.64. The highest BCUT2D eigenvalue weighted by atomic mass is 16.5. The number of rotatable bonds is 6. The third-order valence-corrected chi connectivity index (χ3v) is 3.70. The molecule has 0 aliphatic heterocycles. The number of carbonyl (C=O) groups excluding carboxylic acids is 2. The number of aliphatic hydroxyl groups is 2. The van der Waals surface area contributed by atoms with Crippen molar-refractivity contribution in [2.75, 3.05) is 7.11 Å². The van der Waals surface area contributed by atoms with Gasteiger partial charge in [0.2, 0.25) is 5.91 Å². The lowest BCUT2D eigenvalue weighted by atomic mass is 9.97. The van der Waals surface area contributed by atoms with E-state index in [1.54, 1.807) is 6.08 Å². The zero-order chi connectivity index (χ0) is 17.6. The number of methoxy groups -OCH3 is 1. The summed E-state index contributed by atoms with van der Waals surface area (Å²) in [5.74, 6) is -2.69. The Morgan fingerprint density at radius 2 is 2.00 bits per heavy atom. The molecule has 1 aromatic carbocycles. The van der Waals surface area contributed by atoms with Crippen LogP contribution in [0.15, 0.2) is 54.1 Å². The summed E-state index contributed by atoms with van der Waals surface area (Å²) < 4.78 is 4.74. The molecule has 1 aliphatic carbocycles. The first-order chi connectivity index (χ1) is 11.4. The third kappa shape index (κ3) is 5.33. The Balaban J connectivity index is 1.99. The van der Waals surface area contributed by atoms with Crippen LogP contribution in [0, 0.1) is 0 Å². The summed E-state index contributed by atoms with van der Waals surface area (Å²) in [4.78, 5) is 24.1. The minimum atomic E-state index is -1.86. The fourth-order valence-corrected chi connectivity index (χ4v) is 2.41. The van der Waals surface area contributed by atoms with E-state index in [0.717, 1.165) is 11.1 Å². The van der Waals surface area contributed by atoms with Gasteiger partial charge in [-0.3, -0.25) is 4.79 Å². The summed E-state index contributed by atoms with van der Waals surface area (Å²) in [6.07, 6.45) is 4.83. The van der Waals surface area contributed by atoms with Gasteiger partial charge in [-0.15, -0.1) is 0 Å². The second-order valence-electron chi connectivity index (χ2n) is 5.70. The van der Waals surface area contributed by atoms with Crippen molar-refractivity contribution in [1.82, 2.24) is 5.32 Å². The quantitative estimate of drug-likeness (QED) is 0.530. The highest BCUT2D eigenvalue weighted by molar-refractivity contribution is 5.85. The highest BCUT2D eigenvalue weighted by Gasteiger charge is 2.25. The molecule has 0 unspecified atom stereocenters. The Kier molecular flexibility index (Phi) is 5.89. The van der Waals surface area contributed by atoms with Gasteiger partial charge in [-0.2, -0.15) is 0 Å². The molecule has 0 heterocycles. The Hall–Kier alpha value is -2.44. The molecule has 24 heavy (non-hydrogen) atoms. The fourth-order valence-electron chi connectivity index (χ4n) is 2.41. The number of esters is 1. The molecule has 1 aliphatic rings. The van der Waals surface area contributed by atoms with Crippen LogP contribution in [0.5, 0.6) is 0 Å². The highest BCUT2D eigenvalue weighted by Crippen LogP contribution is 2.21. The number of allylic oxidation sites excluding steroid dienone is 1. The van der Waals surface area contributed by atoms with Crippen LogP contribution in [-0.4, -0.2) is 41.0 Å². The van der Waals surface area contributed by atoms with Gasteiger partial charge >= 0.3 is 5.97 Å². The molecule has 1 amide bonds. The van der Waals surface area contributed by atoms with Gasteiger partial charge in [0, 0.05) is 12.8 Å². The van der Waals surface area contributed by atoms with E-state index in [1.807, 2.05) is 30.3 Å². The molecule has 2 rings (SSSR count). The van der Waals surface area contributed by atoms with Crippen LogP contribution in [0.4, 0.5) is 0 Å². The van der Waals surface area contributed by atoms with Crippen LogP contribution in [0.3, 0.4) is 0 Å². The largest absolute Gasteiger partial charge is 0.467 e. The first kappa shape index (κ1) is 17.9. The van der Waals surface area contributed by atoms with E-state index < -0.39 is 17.8 Å². The van der Waals surface area contributed by atoms with E-state index in [-0.39, 0.29) is 25.2 Å². The molecule has 0 bridgehead atoms. The second kappa shape index (κ2) is 7.90. The molecular formula is C18H21NO5. The Bertz CT molecular complexity index is 649. The van der Waals surface area contributed by atoms with Gasteiger partial charge in [0.1, 0.15) is 6.04 Å². The van der Waals surface area contributed by atoms with Crippen molar-refractivity contribution in [2.24, 2.45) is 0 Å². The number of carbonyl (C=O) groups is 2. The third-order valence-electron chi connectivity index (χ3n) is 3.70. The zero-order valence-corrected chi connectivity index (χ0v) is 13.4. The van der Waals surface area contributed by atoms with Crippen LogP contribution >= 0.6 is 0 Å². The number of benzene rings is 1. The van der Waals surface area contributed by atoms with Crippen molar-refractivity contribution in [3.63, 3.8) is 0 Å². The lowest BCUT2D eigenvalue weighted by molar-refractivity contribution is -0.145. The fraction of sp³-hybridized carbons (Fsp3) is 0.333. The SMILES string of the molecule is COC(=O)[C@H](CC1=CCC(O)(O)C=C1)NC(=O)Cc1ccccc1. The Morgan fingerprint density at radius 3 is 2.58 bits per heavy atom. The Labute approximate surface area is 140 Å². The van der Waals surface area contributed by atoms with E-state index in [9.17, 15) is 19.8 Å². The normalized spacial score (nSPS) is 16.9. The number of hydrogen-bond acceptors (Lipinski definition) is 5. The molecule has 6 heteroatoms. The monoisotopic (exact) mass is 331 g/mol. The van der Waals surface area contributed by atoms with Crippen LogP contribution in [-0.2, 0) is 20.7 Å². The van der Waals surface area contributed by atoms with Gasteiger partial charge in [0.25, 0.3) is 0 Å². The number of nitrogens with one attached hydrogen (secondary N) is 1. The van der Waals surface area contributed by atoms with Crippen molar-refractivity contribution in [1.29, 1.82) is 0 Å². The van der Waals surface area contributed by atoms with Crippen LogP contribution in [0.2, 0.25) is 0 Å². The summed E-state index contributed by atoms with van der Waals surface area (Å²) in [5, 5.41) is 21.6. The molecule has 3 N–H and O–H groups in total. The van der Waals surface area contributed by atoms with Gasteiger partial charge in [-0.1, -0.05) is 42.5 Å². The maximum Gasteiger partial charge on any atom is 0.328 e. The summed E-state index contributed by atoms with van der Waals surface area (Å²) in [7, 11) is 1.26. The molecule has 128 valence electrons. The Morgan fingerprint density at radius 1 is 1.29 bits per heavy atom. The maximum atomic E-state index is 12.2. The molecule has 0 saturated heterocycles. The minimum absolute atomic E-state index is 0.0324. The molecule has 0 spiro atoms. The summed E-state index contributed by atoms with van der Waals surface area (Å²) in [5.41, 5.74) is 1.57. The van der Waals surface area contributed by atoms with Crippen molar-refractivity contribution in [3.05, 3.63) is 59.7 Å². The van der Waals surface area contributed by atoms with Gasteiger partial charge in [-0.25, -0.2) is 4.79 Å². The molecule has 6 nitrogen and oxygen atoms in total. The van der Waals surface area contributed by atoms with Crippen molar-refractivity contribution in [3.8, 4) is 0 Å². The first-order valence-corrected chi connectivity index (χ1v) is 7.64. The summed E-state index contributed by atoms with van der Waals surface area (Å²) in [6.45, 7) is 0. The van der Waals surface area contributed by atoms with Crippen molar-refractivity contribution in [2.45, 2.75) is 31.1 Å². The van der Waals surface area contributed by atoms with Gasteiger partial charge < -0.3 is 20.3 Å². The van der Waals surface area contributed by atoms with E-state index in [1.165, 1.54) is 19.3 Å². The molecule has 0 radical (unpaired) electrons. The summed E-state index contributed by atoms with van der Waals surface area (Å²) in [6, 6.07) is 8.39. The topological polar surface area (TPSA) is 95.9 Å². The van der Waals surface area contributed by atoms with E-state index in [4.69, 9.17) is 4.74 Å². The average Bonchev–Trinajstić information content (AvgIpc) is 2.56. The molecule has 0 aromatic heterocycles. The van der Waals surface area contributed by atoms with E-state index in [0.29, 0.717) is 0 Å². The minimum Gasteiger partial charge on any atom is -0.467 e. The van der Waals surface area contributed by atoms with Crippen LogP contribution < -0.4 is 5.32 Å². The predicted molar refractivity (Wildman–Crippen MR) is 87.7 cm³/mol. The lowest BCUT2D eigenvalue weighted by Gasteiger charge is -2.22. The predicted octanol–water partition coefficient (Wildman–Crippen LogP) is 0.844. The van der Waals surface area contributed by atoms with Gasteiger partial charge in [0.15, 0.2) is 5.79 Å². The number of hydrogen-bond donors (Lipinski definition) is 3. The van der Waals surface area contributed by atoms with E-state index in [2.05, 4.69) is 5.32 Å². The second-order valence-corrected chi connectivity index (χ2v) is 5.70. The van der Waals surface area contributed by atoms with Crippen molar-refractivity contribution >= 4 is 11.9 Å². The molecule has 1 aromatic rings. The average molecular weight is 331 g/mol. The van der Waals surface area contributed by atoms with Gasteiger partial charge in [-0.05, 0) is 17.2 Å². The lowest BCUT2D eigenvalue weighted by Crippen LogP contribution is -2.42. The molecule has 0 fully saturated rings. The van der Waals surface area contributed by atoms with Crippen LogP contribution in [0.1, 0.15) is 18.4 Å². The van der Waals surface area contributed by atoms with Crippen molar-refractivity contribution < 1.29 is 24.5 Å². The molecule has 0 saturated carbocycles.